The largest absolute Gasteiger partial charge is 0.357 e. The van der Waals surface area contributed by atoms with Gasteiger partial charge in [-0.15, -0.1) is 24.0 Å². The molecule has 1 fully saturated rings. The number of guanidine groups is 1. The van der Waals surface area contributed by atoms with Gasteiger partial charge in [0.05, 0.1) is 12.3 Å². The van der Waals surface area contributed by atoms with Crippen LogP contribution in [0.4, 0.5) is 4.39 Å². The summed E-state index contributed by atoms with van der Waals surface area (Å²) < 4.78 is 36.7. The molecule has 2 rings (SSSR count). The van der Waals surface area contributed by atoms with E-state index >= 15 is 0 Å². The first-order chi connectivity index (χ1) is 11.8. The molecule has 1 aromatic rings. The van der Waals surface area contributed by atoms with Crippen LogP contribution in [0.5, 0.6) is 0 Å². The molecule has 1 saturated carbocycles. The molecule has 26 heavy (non-hydrogen) atoms. The van der Waals surface area contributed by atoms with Crippen molar-refractivity contribution in [3.05, 3.63) is 35.1 Å². The van der Waals surface area contributed by atoms with Crippen LogP contribution in [0.15, 0.2) is 23.2 Å². The second-order valence-electron chi connectivity index (χ2n) is 6.71. The van der Waals surface area contributed by atoms with Crippen molar-refractivity contribution in [3.8, 4) is 0 Å². The van der Waals surface area contributed by atoms with Crippen molar-refractivity contribution < 1.29 is 12.8 Å². The number of benzene rings is 1. The lowest BCUT2D eigenvalue weighted by atomic mass is 10.1. The molecule has 0 amide bonds. The molecule has 0 bridgehead atoms. The van der Waals surface area contributed by atoms with Crippen molar-refractivity contribution in [1.29, 1.82) is 0 Å². The summed E-state index contributed by atoms with van der Waals surface area (Å²) in [5.74, 6) is 0.902. The highest BCUT2D eigenvalue weighted by Crippen LogP contribution is 2.34. The van der Waals surface area contributed by atoms with E-state index in [4.69, 9.17) is 0 Å². The topological polar surface area (TPSA) is 70.6 Å². The lowest BCUT2D eigenvalue weighted by molar-refractivity contribution is 0.600. The zero-order chi connectivity index (χ0) is 18.4. The van der Waals surface area contributed by atoms with E-state index in [1.165, 1.54) is 37.3 Å². The predicted molar refractivity (Wildman–Crippen MR) is 115 cm³/mol. The van der Waals surface area contributed by atoms with Gasteiger partial charge in [-0.2, -0.15) is 0 Å². The Bertz CT molecular complexity index is 725. The second-order valence-corrected chi connectivity index (χ2v) is 8.85. The normalized spacial score (nSPS) is 19.6. The number of aliphatic imine (C=N–C) groups is 1. The molecular formula is C18H29FIN3O2S. The van der Waals surface area contributed by atoms with Crippen LogP contribution in [0.3, 0.4) is 0 Å². The first-order valence-corrected chi connectivity index (χ1v) is 10.9. The van der Waals surface area contributed by atoms with E-state index < -0.39 is 9.84 Å². The summed E-state index contributed by atoms with van der Waals surface area (Å²) in [4.78, 5) is 4.52. The van der Waals surface area contributed by atoms with Crippen LogP contribution in [0.25, 0.3) is 0 Å². The Hall–Kier alpha value is -0.900. The van der Waals surface area contributed by atoms with Crippen molar-refractivity contribution in [3.63, 3.8) is 0 Å². The van der Waals surface area contributed by atoms with Crippen LogP contribution in [-0.4, -0.2) is 33.2 Å². The van der Waals surface area contributed by atoms with E-state index in [1.54, 1.807) is 0 Å². The van der Waals surface area contributed by atoms with E-state index in [-0.39, 0.29) is 42.1 Å². The molecule has 1 aliphatic carbocycles. The fraction of sp³-hybridized carbons (Fsp3) is 0.611. The van der Waals surface area contributed by atoms with Gasteiger partial charge in [-0.05, 0) is 48.9 Å². The molecule has 0 spiro atoms. The molecule has 1 aromatic carbocycles. The highest BCUT2D eigenvalue weighted by atomic mass is 127. The monoisotopic (exact) mass is 497 g/mol. The summed E-state index contributed by atoms with van der Waals surface area (Å²) in [6.07, 6.45) is 4.71. The molecule has 0 aromatic heterocycles. The van der Waals surface area contributed by atoms with Gasteiger partial charge < -0.3 is 10.6 Å². The smallest absolute Gasteiger partial charge is 0.191 e. The van der Waals surface area contributed by atoms with Crippen LogP contribution in [0.2, 0.25) is 0 Å². The van der Waals surface area contributed by atoms with Gasteiger partial charge in [-0.1, -0.05) is 19.4 Å². The number of hydrogen-bond donors (Lipinski definition) is 2. The third kappa shape index (κ3) is 7.77. The molecule has 0 saturated heterocycles. The molecular weight excluding hydrogens is 468 g/mol. The summed E-state index contributed by atoms with van der Waals surface area (Å²) in [7, 11) is -3.19. The Morgan fingerprint density at radius 2 is 2.04 bits per heavy atom. The van der Waals surface area contributed by atoms with Crippen LogP contribution >= 0.6 is 24.0 Å². The zero-order valence-electron chi connectivity index (χ0n) is 15.6. The van der Waals surface area contributed by atoms with Gasteiger partial charge in [-0.3, -0.25) is 0 Å². The van der Waals surface area contributed by atoms with E-state index in [9.17, 15) is 12.8 Å². The summed E-state index contributed by atoms with van der Waals surface area (Å²) >= 11 is 0. The zero-order valence-corrected chi connectivity index (χ0v) is 18.7. The molecule has 2 unspecified atom stereocenters. The maximum absolute atomic E-state index is 13.6. The molecule has 2 N–H and O–H groups in total. The second kappa shape index (κ2) is 10.4. The first kappa shape index (κ1) is 23.1. The molecule has 0 radical (unpaired) electrons. The third-order valence-electron chi connectivity index (χ3n) is 4.24. The fourth-order valence-corrected chi connectivity index (χ4v) is 3.79. The number of hydrogen-bond acceptors (Lipinski definition) is 3. The van der Waals surface area contributed by atoms with Gasteiger partial charge in [0.15, 0.2) is 15.8 Å². The van der Waals surface area contributed by atoms with Gasteiger partial charge in [-0.25, -0.2) is 17.8 Å². The number of halogens is 2. The van der Waals surface area contributed by atoms with Crippen LogP contribution in [-0.2, 0) is 22.1 Å². The Kier molecular flexibility index (Phi) is 9.29. The molecule has 148 valence electrons. The molecule has 0 heterocycles. The third-order valence-corrected chi connectivity index (χ3v) is 5.08. The summed E-state index contributed by atoms with van der Waals surface area (Å²) in [6.45, 7) is 5.15. The minimum Gasteiger partial charge on any atom is -0.357 e. The standard InChI is InChI=1S/C18H28FN3O2S.HI/c1-4-6-13-10-17(13)22-18(20-5-2)21-11-15-9-16(19)8-7-14(15)12-25(3,23)24;/h7-9,13,17H,4-6,10-12H2,1-3H3,(H2,20,21,22);1H. The minimum absolute atomic E-state index is 0. The minimum atomic E-state index is -3.19. The van der Waals surface area contributed by atoms with Crippen molar-refractivity contribution in [2.24, 2.45) is 10.9 Å². The van der Waals surface area contributed by atoms with Gasteiger partial charge in [0.1, 0.15) is 5.82 Å². The van der Waals surface area contributed by atoms with Gasteiger partial charge in [0.25, 0.3) is 0 Å². The van der Waals surface area contributed by atoms with Crippen molar-refractivity contribution >= 4 is 39.8 Å². The Morgan fingerprint density at radius 1 is 1.31 bits per heavy atom. The summed E-state index contributed by atoms with van der Waals surface area (Å²) in [6, 6.07) is 4.63. The number of sulfone groups is 1. The van der Waals surface area contributed by atoms with E-state index in [2.05, 4.69) is 22.5 Å². The number of nitrogens with one attached hydrogen (secondary N) is 2. The van der Waals surface area contributed by atoms with Gasteiger partial charge in [0, 0.05) is 18.8 Å². The molecule has 1 aliphatic rings. The lowest BCUT2D eigenvalue weighted by Crippen LogP contribution is -2.39. The summed E-state index contributed by atoms with van der Waals surface area (Å²) in [5.41, 5.74) is 1.20. The van der Waals surface area contributed by atoms with E-state index in [0.717, 1.165) is 13.0 Å². The van der Waals surface area contributed by atoms with Crippen molar-refractivity contribution in [1.82, 2.24) is 10.6 Å². The highest BCUT2D eigenvalue weighted by Gasteiger charge is 2.36. The molecule has 2 atom stereocenters. The Labute approximate surface area is 173 Å². The van der Waals surface area contributed by atoms with Gasteiger partial charge >= 0.3 is 0 Å². The van der Waals surface area contributed by atoms with E-state index in [0.29, 0.717) is 29.0 Å². The first-order valence-electron chi connectivity index (χ1n) is 8.82. The van der Waals surface area contributed by atoms with Crippen LogP contribution < -0.4 is 10.6 Å². The summed E-state index contributed by atoms with van der Waals surface area (Å²) in [5, 5.41) is 6.60. The molecule has 0 aliphatic heterocycles. The predicted octanol–water partition coefficient (Wildman–Crippen LogP) is 3.23. The van der Waals surface area contributed by atoms with Crippen molar-refractivity contribution in [2.75, 3.05) is 12.8 Å². The lowest BCUT2D eigenvalue weighted by Gasteiger charge is -2.12. The average Bonchev–Trinajstić information content (AvgIpc) is 3.24. The highest BCUT2D eigenvalue weighted by molar-refractivity contribution is 14.0. The number of nitrogens with zero attached hydrogens (tertiary/aromatic N) is 1. The van der Waals surface area contributed by atoms with Gasteiger partial charge in [0.2, 0.25) is 0 Å². The quantitative estimate of drug-likeness (QED) is 0.329. The fourth-order valence-electron chi connectivity index (χ4n) is 2.94. The van der Waals surface area contributed by atoms with Crippen LogP contribution in [0.1, 0.15) is 44.2 Å². The molecule has 5 nitrogen and oxygen atoms in total. The average molecular weight is 497 g/mol. The SMILES string of the molecule is CCCC1CC1NC(=NCc1cc(F)ccc1CS(C)(=O)=O)NCC.I. The Morgan fingerprint density at radius 3 is 2.65 bits per heavy atom. The Balaban J connectivity index is 0.00000338. The maximum Gasteiger partial charge on any atom is 0.191 e. The maximum atomic E-state index is 13.6. The molecule has 8 heteroatoms. The van der Waals surface area contributed by atoms with Crippen molar-refractivity contribution in [2.45, 2.75) is 51.4 Å². The van der Waals surface area contributed by atoms with E-state index in [1.807, 2.05) is 6.92 Å². The van der Waals surface area contributed by atoms with Crippen LogP contribution in [0, 0.1) is 11.7 Å². The number of rotatable bonds is 8.